The number of H-pyrrole nitrogens is 1. The fourth-order valence-electron chi connectivity index (χ4n) is 1.15. The van der Waals surface area contributed by atoms with Crippen LogP contribution in [0.1, 0.15) is 6.92 Å². The van der Waals surface area contributed by atoms with Gasteiger partial charge in [-0.25, -0.2) is 4.68 Å². The molecule has 2 N–H and O–H groups in total. The van der Waals surface area contributed by atoms with Gasteiger partial charge in [0.15, 0.2) is 11.2 Å². The average molecular weight is 208 g/mol. The zero-order valence-electron chi connectivity index (χ0n) is 8.11. The number of rotatable bonds is 1. The van der Waals surface area contributed by atoms with Crippen molar-refractivity contribution in [3.05, 3.63) is 10.4 Å². The maximum atomic E-state index is 11.4. The first-order chi connectivity index (χ1) is 7.08. The summed E-state index contributed by atoms with van der Waals surface area (Å²) in [6, 6.07) is 0. The molecule has 0 unspecified atom stereocenters. The van der Waals surface area contributed by atoms with Gasteiger partial charge in [0.2, 0.25) is 11.9 Å². The Bertz CT molecular complexity index is 583. The lowest BCUT2D eigenvalue weighted by Crippen LogP contribution is -2.16. The molecular formula is C7H8N6O2. The van der Waals surface area contributed by atoms with E-state index in [1.165, 1.54) is 11.6 Å². The van der Waals surface area contributed by atoms with E-state index in [0.717, 1.165) is 0 Å². The molecular weight excluding hydrogens is 200 g/mol. The molecule has 0 aliphatic heterocycles. The Balaban J connectivity index is 2.65. The van der Waals surface area contributed by atoms with E-state index in [9.17, 15) is 9.59 Å². The number of anilines is 1. The molecule has 0 saturated heterocycles. The monoisotopic (exact) mass is 208 g/mol. The van der Waals surface area contributed by atoms with Gasteiger partial charge < -0.3 is 0 Å². The van der Waals surface area contributed by atoms with Crippen molar-refractivity contribution in [2.24, 2.45) is 7.05 Å². The molecule has 2 rings (SSSR count). The predicted molar refractivity (Wildman–Crippen MR) is 51.2 cm³/mol. The van der Waals surface area contributed by atoms with E-state index in [0.29, 0.717) is 5.65 Å². The van der Waals surface area contributed by atoms with Crippen molar-refractivity contribution in [2.75, 3.05) is 5.32 Å². The predicted octanol–water partition coefficient (Wildman–Crippen LogP) is -0.990. The zero-order chi connectivity index (χ0) is 11.0. The number of amides is 1. The highest BCUT2D eigenvalue weighted by Crippen LogP contribution is 2.03. The van der Waals surface area contributed by atoms with Crippen LogP contribution in [0.2, 0.25) is 0 Å². The average Bonchev–Trinajstić information content (AvgIpc) is 2.47. The number of fused-ring (bicyclic) bond motifs is 1. The molecule has 2 heterocycles. The van der Waals surface area contributed by atoms with Gasteiger partial charge in [-0.3, -0.25) is 19.9 Å². The van der Waals surface area contributed by atoms with Crippen LogP contribution in [0.3, 0.4) is 0 Å². The number of carbonyl (C=O) groups is 1. The molecule has 0 radical (unpaired) electrons. The van der Waals surface area contributed by atoms with Gasteiger partial charge in [-0.2, -0.15) is 4.98 Å². The molecule has 0 saturated carbocycles. The Kier molecular flexibility index (Phi) is 1.96. The lowest BCUT2D eigenvalue weighted by Gasteiger charge is -1.99. The third kappa shape index (κ3) is 1.56. The van der Waals surface area contributed by atoms with E-state index in [1.54, 1.807) is 7.05 Å². The summed E-state index contributed by atoms with van der Waals surface area (Å²) in [6.45, 7) is 1.33. The molecule has 1 amide bonds. The van der Waals surface area contributed by atoms with Gasteiger partial charge in [0.25, 0.3) is 5.56 Å². The fourth-order valence-corrected chi connectivity index (χ4v) is 1.15. The van der Waals surface area contributed by atoms with Gasteiger partial charge in [0.1, 0.15) is 0 Å². The SMILES string of the molecule is CC(=O)Nc1nc2c(nnn2C)c(=O)[nH]1. The standard InChI is InChI=1S/C7H8N6O2/c1-3(14)8-7-9-5-4(6(15)10-7)11-12-13(5)2/h1-2H3,(H2,8,9,10,14,15). The number of nitrogens with zero attached hydrogens (tertiary/aromatic N) is 4. The van der Waals surface area contributed by atoms with E-state index in [2.05, 4.69) is 25.6 Å². The molecule has 15 heavy (non-hydrogen) atoms. The Hall–Kier alpha value is -2.25. The minimum absolute atomic E-state index is 0.0883. The lowest BCUT2D eigenvalue weighted by molar-refractivity contribution is -0.114. The number of aromatic amines is 1. The van der Waals surface area contributed by atoms with Crippen molar-refractivity contribution >= 4 is 23.0 Å². The van der Waals surface area contributed by atoms with Gasteiger partial charge in [-0.05, 0) is 0 Å². The molecule has 0 spiro atoms. The van der Waals surface area contributed by atoms with Crippen LogP contribution in [0.15, 0.2) is 4.79 Å². The number of carbonyl (C=O) groups excluding carboxylic acids is 1. The second-order valence-corrected chi connectivity index (χ2v) is 2.98. The first-order valence-electron chi connectivity index (χ1n) is 4.15. The molecule has 78 valence electrons. The van der Waals surface area contributed by atoms with E-state index < -0.39 is 5.56 Å². The first kappa shape index (κ1) is 9.31. The summed E-state index contributed by atoms with van der Waals surface area (Å²) in [5.74, 6) is -0.224. The zero-order valence-corrected chi connectivity index (χ0v) is 8.11. The normalized spacial score (nSPS) is 10.5. The Labute approximate surface area is 83.3 Å². The summed E-state index contributed by atoms with van der Waals surface area (Å²) in [4.78, 5) is 28.6. The molecule has 0 aliphatic rings. The first-order valence-corrected chi connectivity index (χ1v) is 4.15. The highest BCUT2D eigenvalue weighted by atomic mass is 16.1. The van der Waals surface area contributed by atoms with Crippen molar-refractivity contribution in [1.82, 2.24) is 25.0 Å². The summed E-state index contributed by atoms with van der Waals surface area (Å²) in [7, 11) is 1.61. The van der Waals surface area contributed by atoms with Crippen molar-refractivity contribution < 1.29 is 4.79 Å². The van der Waals surface area contributed by atoms with E-state index in [4.69, 9.17) is 0 Å². The van der Waals surface area contributed by atoms with Gasteiger partial charge >= 0.3 is 0 Å². The third-order valence-electron chi connectivity index (χ3n) is 1.76. The maximum Gasteiger partial charge on any atom is 0.282 e. The van der Waals surface area contributed by atoms with Crippen molar-refractivity contribution in [2.45, 2.75) is 6.92 Å². The highest BCUT2D eigenvalue weighted by molar-refractivity contribution is 5.87. The molecule has 0 aliphatic carbocycles. The molecule has 2 aromatic rings. The number of aromatic nitrogens is 5. The summed E-state index contributed by atoms with van der Waals surface area (Å²) >= 11 is 0. The molecule has 0 bridgehead atoms. The van der Waals surface area contributed by atoms with Crippen LogP contribution in [0, 0.1) is 0 Å². The molecule has 2 aromatic heterocycles. The van der Waals surface area contributed by atoms with Crippen LogP contribution in [0.5, 0.6) is 0 Å². The summed E-state index contributed by atoms with van der Waals surface area (Å²) < 4.78 is 1.36. The van der Waals surface area contributed by atoms with Crippen LogP contribution in [0.25, 0.3) is 11.2 Å². The largest absolute Gasteiger partial charge is 0.296 e. The van der Waals surface area contributed by atoms with Crippen molar-refractivity contribution in [1.29, 1.82) is 0 Å². The molecule has 0 atom stereocenters. The number of aryl methyl sites for hydroxylation is 1. The second-order valence-electron chi connectivity index (χ2n) is 2.98. The molecule has 0 aromatic carbocycles. The summed E-state index contributed by atoms with van der Waals surface area (Å²) in [5, 5.41) is 9.66. The minimum Gasteiger partial charge on any atom is -0.296 e. The fraction of sp³-hybridized carbons (Fsp3) is 0.286. The Morgan fingerprint density at radius 1 is 1.53 bits per heavy atom. The van der Waals surface area contributed by atoms with Gasteiger partial charge in [-0.1, -0.05) is 5.21 Å². The Morgan fingerprint density at radius 2 is 2.27 bits per heavy atom. The van der Waals surface area contributed by atoms with E-state index >= 15 is 0 Å². The van der Waals surface area contributed by atoms with Crippen LogP contribution in [0.4, 0.5) is 5.95 Å². The minimum atomic E-state index is -0.433. The van der Waals surface area contributed by atoms with Crippen LogP contribution >= 0.6 is 0 Å². The molecule has 0 fully saturated rings. The van der Waals surface area contributed by atoms with E-state index in [1.807, 2.05) is 0 Å². The third-order valence-corrected chi connectivity index (χ3v) is 1.76. The second kappa shape index (κ2) is 3.15. The van der Waals surface area contributed by atoms with E-state index in [-0.39, 0.29) is 17.4 Å². The van der Waals surface area contributed by atoms with Gasteiger partial charge in [0, 0.05) is 14.0 Å². The van der Waals surface area contributed by atoms with Crippen LogP contribution in [-0.2, 0) is 11.8 Å². The number of hydrogen-bond acceptors (Lipinski definition) is 5. The van der Waals surface area contributed by atoms with Crippen molar-refractivity contribution in [3.63, 3.8) is 0 Å². The number of hydrogen-bond donors (Lipinski definition) is 2. The highest BCUT2D eigenvalue weighted by Gasteiger charge is 2.09. The molecule has 8 nitrogen and oxygen atoms in total. The quantitative estimate of drug-likeness (QED) is 0.625. The number of nitrogens with one attached hydrogen (secondary N) is 2. The van der Waals surface area contributed by atoms with Gasteiger partial charge in [-0.15, -0.1) is 5.10 Å². The topological polar surface area (TPSA) is 106 Å². The van der Waals surface area contributed by atoms with Crippen LogP contribution < -0.4 is 10.9 Å². The smallest absolute Gasteiger partial charge is 0.282 e. The Morgan fingerprint density at radius 3 is 2.93 bits per heavy atom. The van der Waals surface area contributed by atoms with Crippen LogP contribution in [-0.4, -0.2) is 30.9 Å². The molecule has 8 heteroatoms. The lowest BCUT2D eigenvalue weighted by atomic mass is 10.5. The maximum absolute atomic E-state index is 11.4. The van der Waals surface area contributed by atoms with Gasteiger partial charge in [0.05, 0.1) is 0 Å². The van der Waals surface area contributed by atoms with Crippen molar-refractivity contribution in [3.8, 4) is 0 Å². The summed E-state index contributed by atoms with van der Waals surface area (Å²) in [6.07, 6.45) is 0. The summed E-state index contributed by atoms with van der Waals surface area (Å²) in [5.41, 5.74) is 0.0333.